The van der Waals surface area contributed by atoms with Crippen molar-refractivity contribution in [3.05, 3.63) is 85.6 Å². The first-order valence-corrected chi connectivity index (χ1v) is 23.5. The van der Waals surface area contributed by atoms with Gasteiger partial charge in [0.05, 0.1) is 28.6 Å². The van der Waals surface area contributed by atoms with E-state index < -0.39 is 22.0 Å². The molecular weight excluding hydrogens is 834 g/mol. The lowest BCUT2D eigenvalue weighted by molar-refractivity contribution is -0.135. The van der Waals surface area contributed by atoms with Crippen LogP contribution in [-0.2, 0) is 31.4 Å². The van der Waals surface area contributed by atoms with Crippen molar-refractivity contribution in [3.63, 3.8) is 0 Å². The van der Waals surface area contributed by atoms with Crippen LogP contribution in [0.2, 0.25) is 5.02 Å². The monoisotopic (exact) mass is 885 g/mol. The molecule has 0 radical (unpaired) electrons. The third-order valence-electron chi connectivity index (χ3n) is 13.3. The number of aryl methyl sites for hydroxylation is 2. The lowest BCUT2D eigenvalue weighted by Crippen LogP contribution is -2.44. The summed E-state index contributed by atoms with van der Waals surface area (Å²) in [6.45, 7) is 5.23. The molecule has 2 aliphatic heterocycles. The number of pyridine rings is 1. The summed E-state index contributed by atoms with van der Waals surface area (Å²) in [5.74, 6) is 0.473. The summed E-state index contributed by atoms with van der Waals surface area (Å²) in [7, 11) is -2.05. The number of rotatable bonds is 13. The van der Waals surface area contributed by atoms with E-state index in [9.17, 15) is 27.6 Å². The maximum absolute atomic E-state index is 13.2. The SMILES string of the molecule is Cc1cc(S(=O)(=O)NCCO[C@H]2C[C@H](CN3CCC(c4ccc5c(c4)n(C)c(=O)n5C4CCC(=O)NC4=O)CC3)C2)ccc1Nc1ncc2cc(Cl)c(=O)n(C3CCCC3)c2n1. The van der Waals surface area contributed by atoms with Crippen LogP contribution >= 0.6 is 11.6 Å². The number of sulfonamides is 1. The van der Waals surface area contributed by atoms with Crippen molar-refractivity contribution in [2.45, 2.75) is 100 Å². The molecule has 4 fully saturated rings. The van der Waals surface area contributed by atoms with Crippen LogP contribution in [0.4, 0.5) is 11.6 Å². The third kappa shape index (κ3) is 8.44. The first kappa shape index (κ1) is 42.4. The summed E-state index contributed by atoms with van der Waals surface area (Å²) in [6, 6.07) is 11.9. The average Bonchev–Trinajstić information content (AvgIpc) is 3.86. The van der Waals surface area contributed by atoms with Gasteiger partial charge < -0.3 is 15.0 Å². The normalized spacial score (nSPS) is 21.8. The Hall–Kier alpha value is -4.94. The van der Waals surface area contributed by atoms with Gasteiger partial charge in [-0.3, -0.25) is 33.4 Å². The fourth-order valence-electron chi connectivity index (χ4n) is 9.83. The number of hydrogen-bond acceptors (Lipinski definition) is 11. The van der Waals surface area contributed by atoms with Crippen LogP contribution in [0.25, 0.3) is 22.1 Å². The number of hydrogen-bond donors (Lipinski definition) is 3. The molecule has 1 atom stereocenters. The van der Waals surface area contributed by atoms with Crippen LogP contribution in [0.15, 0.2) is 63.1 Å². The summed E-state index contributed by atoms with van der Waals surface area (Å²) < 4.78 is 39.9. The van der Waals surface area contributed by atoms with Crippen LogP contribution in [0.1, 0.15) is 93.3 Å². The van der Waals surface area contributed by atoms with Gasteiger partial charge in [0.2, 0.25) is 27.8 Å². The van der Waals surface area contributed by atoms with Gasteiger partial charge in [-0.05, 0) is 124 Å². The number of likely N-dealkylation sites (tertiary alicyclic amines) is 1. The molecule has 2 aliphatic carbocycles. The number of imide groups is 1. The summed E-state index contributed by atoms with van der Waals surface area (Å²) in [5, 5.41) is 6.38. The number of benzene rings is 2. The van der Waals surface area contributed by atoms with Gasteiger partial charge in [0.25, 0.3) is 5.56 Å². The molecule has 2 saturated heterocycles. The van der Waals surface area contributed by atoms with Crippen molar-refractivity contribution in [3.8, 4) is 0 Å². The minimum absolute atomic E-state index is 0.0379. The second-order valence-electron chi connectivity index (χ2n) is 17.4. The molecule has 5 heterocycles. The van der Waals surface area contributed by atoms with E-state index in [1.807, 2.05) is 13.0 Å². The predicted molar refractivity (Wildman–Crippen MR) is 235 cm³/mol. The topological polar surface area (TPSA) is 192 Å². The number of nitrogens with zero attached hydrogens (tertiary/aromatic N) is 6. The van der Waals surface area contributed by atoms with Gasteiger partial charge in [-0.2, -0.15) is 4.98 Å². The second kappa shape index (κ2) is 17.3. The summed E-state index contributed by atoms with van der Waals surface area (Å²) in [4.78, 5) is 62.3. The highest BCUT2D eigenvalue weighted by atomic mass is 35.5. The van der Waals surface area contributed by atoms with E-state index in [0.29, 0.717) is 52.0 Å². The standard InChI is InChI=1S/C44H52ClN9O7S/c1-26-19-33(8-9-35(26)48-43-46-24-30-22-34(45)42(57)53(40(30)50-43)31-5-3-4-6-31)62(59,60)47-15-18-61-32-20-27(21-32)25-52-16-13-28(14-17-52)29-7-10-36-38(23-29)51(2)44(58)54(36)37-11-12-39(55)49-41(37)56/h7-10,19,22-24,27-28,31-32,37,47H,3-6,11-18,20-21,25H2,1-2H3,(H,46,48,50)(H,49,55,56)/t27-,32-,37?. The number of piperidine rings is 2. The molecule has 3 N–H and O–H groups in total. The quantitative estimate of drug-likeness (QED) is 0.104. The van der Waals surface area contributed by atoms with Gasteiger partial charge in [-0.25, -0.2) is 22.9 Å². The van der Waals surface area contributed by atoms with Gasteiger partial charge in [0.15, 0.2) is 0 Å². The third-order valence-corrected chi connectivity index (χ3v) is 15.1. The van der Waals surface area contributed by atoms with E-state index in [1.165, 1.54) is 10.1 Å². The van der Waals surface area contributed by atoms with Crippen LogP contribution in [0.5, 0.6) is 0 Å². The van der Waals surface area contributed by atoms with Crippen LogP contribution in [-0.4, -0.2) is 87.7 Å². The lowest BCUT2D eigenvalue weighted by atomic mass is 9.81. The first-order valence-electron chi connectivity index (χ1n) is 21.7. The Bertz CT molecular complexity index is 2780. The zero-order valence-corrected chi connectivity index (χ0v) is 36.5. The Labute approximate surface area is 364 Å². The number of fused-ring (bicyclic) bond motifs is 2. The molecule has 0 spiro atoms. The van der Waals surface area contributed by atoms with Crippen LogP contribution in [0, 0.1) is 12.8 Å². The Kier molecular flexibility index (Phi) is 11.8. The lowest BCUT2D eigenvalue weighted by Gasteiger charge is -2.40. The molecule has 3 aromatic heterocycles. The highest BCUT2D eigenvalue weighted by Crippen LogP contribution is 2.36. The van der Waals surface area contributed by atoms with Crippen molar-refractivity contribution in [2.75, 3.05) is 38.1 Å². The first-order chi connectivity index (χ1) is 29.8. The molecule has 2 amide bonds. The molecule has 62 heavy (non-hydrogen) atoms. The molecule has 4 aliphatic rings. The Balaban J connectivity index is 0.716. The Morgan fingerprint density at radius 2 is 1.71 bits per heavy atom. The van der Waals surface area contributed by atoms with Crippen LogP contribution < -0.4 is 26.6 Å². The van der Waals surface area contributed by atoms with Crippen molar-refractivity contribution in [1.82, 2.24) is 38.6 Å². The highest BCUT2D eigenvalue weighted by molar-refractivity contribution is 7.89. The maximum atomic E-state index is 13.2. The number of imidazole rings is 1. The Morgan fingerprint density at radius 3 is 2.45 bits per heavy atom. The number of carbonyl (C=O) groups excluding carboxylic acids is 2. The van der Waals surface area contributed by atoms with E-state index >= 15 is 0 Å². The number of aromatic nitrogens is 5. The van der Waals surface area contributed by atoms with Gasteiger partial charge >= 0.3 is 5.69 Å². The van der Waals surface area contributed by atoms with E-state index in [0.717, 1.165) is 76.5 Å². The number of amides is 2. The number of nitrogens with one attached hydrogen (secondary N) is 3. The van der Waals surface area contributed by atoms with Crippen molar-refractivity contribution < 1.29 is 22.7 Å². The van der Waals surface area contributed by atoms with E-state index in [1.54, 1.807) is 46.6 Å². The number of carbonyl (C=O) groups is 2. The molecule has 1 unspecified atom stereocenters. The summed E-state index contributed by atoms with van der Waals surface area (Å²) >= 11 is 6.28. The molecule has 18 heteroatoms. The molecule has 16 nitrogen and oxygen atoms in total. The highest BCUT2D eigenvalue weighted by Gasteiger charge is 2.34. The van der Waals surface area contributed by atoms with E-state index in [-0.39, 0.29) is 58.8 Å². The minimum Gasteiger partial charge on any atom is -0.377 e. The zero-order chi connectivity index (χ0) is 43.3. The molecular formula is C44H52ClN9O7S. The van der Waals surface area contributed by atoms with Gasteiger partial charge in [0, 0.05) is 49.9 Å². The largest absolute Gasteiger partial charge is 0.377 e. The van der Waals surface area contributed by atoms with Gasteiger partial charge in [-0.1, -0.05) is 30.5 Å². The number of halogens is 1. The molecule has 5 aromatic rings. The fourth-order valence-corrected chi connectivity index (χ4v) is 11.1. The molecule has 328 valence electrons. The van der Waals surface area contributed by atoms with Crippen molar-refractivity contribution in [2.24, 2.45) is 13.0 Å². The fraction of sp³-hybridized carbons (Fsp3) is 0.500. The van der Waals surface area contributed by atoms with E-state index in [4.69, 9.17) is 21.3 Å². The molecule has 9 rings (SSSR count). The molecule has 2 saturated carbocycles. The second-order valence-corrected chi connectivity index (χ2v) is 19.6. The van der Waals surface area contributed by atoms with E-state index in [2.05, 4.69) is 37.4 Å². The smallest absolute Gasteiger partial charge is 0.329 e. The number of ether oxygens (including phenoxy) is 1. The maximum Gasteiger partial charge on any atom is 0.329 e. The van der Waals surface area contributed by atoms with Gasteiger partial charge in [0.1, 0.15) is 16.7 Å². The number of anilines is 2. The average molecular weight is 886 g/mol. The molecule has 2 aromatic carbocycles. The predicted octanol–water partition coefficient (Wildman–Crippen LogP) is 5.20. The van der Waals surface area contributed by atoms with Crippen molar-refractivity contribution in [1.29, 1.82) is 0 Å². The van der Waals surface area contributed by atoms with Crippen molar-refractivity contribution >= 4 is 67.1 Å². The molecule has 0 bridgehead atoms. The van der Waals surface area contributed by atoms with Crippen LogP contribution in [0.3, 0.4) is 0 Å². The summed E-state index contributed by atoms with van der Waals surface area (Å²) in [5.41, 5.74) is 4.03. The zero-order valence-electron chi connectivity index (χ0n) is 34.9. The summed E-state index contributed by atoms with van der Waals surface area (Å²) in [6.07, 6.45) is 10.1. The van der Waals surface area contributed by atoms with Gasteiger partial charge in [-0.15, -0.1) is 0 Å². The Morgan fingerprint density at radius 1 is 0.935 bits per heavy atom. The minimum atomic E-state index is -3.78.